The topological polar surface area (TPSA) is 40.6 Å². The van der Waals surface area contributed by atoms with Gasteiger partial charge in [-0.15, -0.1) is 0 Å². The Kier molecular flexibility index (Phi) is 1.80. The molecule has 2 aliphatic rings. The van der Waals surface area contributed by atoms with Crippen LogP contribution in [0.4, 0.5) is 4.79 Å². The first kappa shape index (κ1) is 9.39. The number of likely N-dealkylation sites (N-methyl/N-ethyl adjacent to an activating group) is 1. The Morgan fingerprint density at radius 2 is 1.88 bits per heavy atom. The number of urea groups is 1. The van der Waals surface area contributed by atoms with Gasteiger partial charge >= 0.3 is 6.03 Å². The lowest BCUT2D eigenvalue weighted by Crippen LogP contribution is -2.39. The quantitative estimate of drug-likeness (QED) is 0.607. The van der Waals surface area contributed by atoms with Gasteiger partial charge in [0, 0.05) is 20.0 Å². The molecule has 0 aromatic heterocycles. The first-order chi connectivity index (χ1) is 7.68. The van der Waals surface area contributed by atoms with Gasteiger partial charge in [0.05, 0.1) is 0 Å². The van der Waals surface area contributed by atoms with Gasteiger partial charge in [0.1, 0.15) is 6.04 Å². The zero-order chi connectivity index (χ0) is 11.3. The number of carbonyl (C=O) groups is 2. The summed E-state index contributed by atoms with van der Waals surface area (Å²) in [6.07, 6.45) is 0.644. The molecule has 3 rings (SSSR count). The number of amides is 3. The molecule has 2 heterocycles. The SMILES string of the molecule is CN1C(=O)[C@@H]2Cc3ccccc3CN2C1=O. The van der Waals surface area contributed by atoms with Crippen LogP contribution in [0.3, 0.4) is 0 Å². The van der Waals surface area contributed by atoms with E-state index in [1.807, 2.05) is 24.3 Å². The van der Waals surface area contributed by atoms with Gasteiger partial charge in [0.15, 0.2) is 0 Å². The van der Waals surface area contributed by atoms with Crippen molar-refractivity contribution in [1.82, 2.24) is 9.80 Å². The molecule has 2 aliphatic heterocycles. The summed E-state index contributed by atoms with van der Waals surface area (Å²) in [6, 6.07) is 7.52. The average molecular weight is 216 g/mol. The molecule has 1 aromatic carbocycles. The summed E-state index contributed by atoms with van der Waals surface area (Å²) in [4.78, 5) is 26.5. The third-order valence-electron chi connectivity index (χ3n) is 3.40. The van der Waals surface area contributed by atoms with Gasteiger partial charge in [0.25, 0.3) is 5.91 Å². The van der Waals surface area contributed by atoms with Crippen molar-refractivity contribution in [1.29, 1.82) is 0 Å². The molecule has 0 spiro atoms. The lowest BCUT2D eigenvalue weighted by molar-refractivity contribution is -0.127. The van der Waals surface area contributed by atoms with Crippen molar-refractivity contribution in [3.63, 3.8) is 0 Å². The zero-order valence-electron chi connectivity index (χ0n) is 9.01. The largest absolute Gasteiger partial charge is 0.327 e. The van der Waals surface area contributed by atoms with Crippen molar-refractivity contribution < 1.29 is 9.59 Å². The highest BCUT2D eigenvalue weighted by Crippen LogP contribution is 2.28. The van der Waals surface area contributed by atoms with Crippen LogP contribution in [0.25, 0.3) is 0 Å². The third-order valence-corrected chi connectivity index (χ3v) is 3.40. The van der Waals surface area contributed by atoms with Crippen LogP contribution in [0.5, 0.6) is 0 Å². The molecule has 0 N–H and O–H groups in total. The molecule has 82 valence electrons. The number of hydrogen-bond donors (Lipinski definition) is 0. The molecular weight excluding hydrogens is 204 g/mol. The third kappa shape index (κ3) is 1.10. The number of nitrogens with zero attached hydrogens (tertiary/aromatic N) is 2. The van der Waals surface area contributed by atoms with Gasteiger partial charge in [-0.25, -0.2) is 4.79 Å². The van der Waals surface area contributed by atoms with E-state index in [9.17, 15) is 9.59 Å². The van der Waals surface area contributed by atoms with E-state index in [1.54, 1.807) is 11.9 Å². The Morgan fingerprint density at radius 1 is 1.19 bits per heavy atom. The summed E-state index contributed by atoms with van der Waals surface area (Å²) < 4.78 is 0. The highest BCUT2D eigenvalue weighted by atomic mass is 16.2. The van der Waals surface area contributed by atoms with E-state index in [-0.39, 0.29) is 18.0 Å². The van der Waals surface area contributed by atoms with E-state index in [1.165, 1.54) is 10.5 Å². The molecule has 4 heteroatoms. The number of hydrogen-bond acceptors (Lipinski definition) is 2. The summed E-state index contributed by atoms with van der Waals surface area (Å²) in [7, 11) is 1.55. The van der Waals surface area contributed by atoms with Gasteiger partial charge in [-0.1, -0.05) is 24.3 Å². The Labute approximate surface area is 93.5 Å². The van der Waals surface area contributed by atoms with Crippen LogP contribution < -0.4 is 0 Å². The maximum absolute atomic E-state index is 11.8. The fourth-order valence-electron chi connectivity index (χ4n) is 2.46. The molecule has 0 unspecified atom stereocenters. The Morgan fingerprint density at radius 3 is 2.62 bits per heavy atom. The van der Waals surface area contributed by atoms with Crippen LogP contribution in [0.15, 0.2) is 24.3 Å². The molecule has 1 fully saturated rings. The first-order valence-corrected chi connectivity index (χ1v) is 5.33. The van der Waals surface area contributed by atoms with E-state index in [0.29, 0.717) is 13.0 Å². The fraction of sp³-hybridized carbons (Fsp3) is 0.333. The molecule has 0 radical (unpaired) electrons. The van der Waals surface area contributed by atoms with Crippen molar-refractivity contribution in [2.75, 3.05) is 7.05 Å². The second-order valence-electron chi connectivity index (χ2n) is 4.30. The standard InChI is InChI=1S/C12H12N2O2/c1-13-11(15)10-6-8-4-2-3-5-9(8)7-14(10)12(13)16/h2-5,10H,6-7H2,1H3/t10-/m0/s1. The zero-order valence-corrected chi connectivity index (χ0v) is 9.01. The minimum Gasteiger partial charge on any atom is -0.308 e. The lowest BCUT2D eigenvalue weighted by atomic mass is 9.95. The number of fused-ring (bicyclic) bond motifs is 2. The number of imide groups is 1. The second-order valence-corrected chi connectivity index (χ2v) is 4.30. The van der Waals surface area contributed by atoms with Gasteiger partial charge in [-0.2, -0.15) is 0 Å². The van der Waals surface area contributed by atoms with Crippen molar-refractivity contribution in [3.05, 3.63) is 35.4 Å². The van der Waals surface area contributed by atoms with Crippen molar-refractivity contribution >= 4 is 11.9 Å². The van der Waals surface area contributed by atoms with Gasteiger partial charge < -0.3 is 4.90 Å². The van der Waals surface area contributed by atoms with Crippen molar-refractivity contribution in [2.24, 2.45) is 0 Å². The smallest absolute Gasteiger partial charge is 0.308 e. The Balaban J connectivity index is 2.03. The summed E-state index contributed by atoms with van der Waals surface area (Å²) in [5, 5.41) is 0. The number of carbonyl (C=O) groups excluding carboxylic acids is 2. The van der Waals surface area contributed by atoms with Crippen LogP contribution in [0.1, 0.15) is 11.1 Å². The first-order valence-electron chi connectivity index (χ1n) is 5.33. The average Bonchev–Trinajstić information content (AvgIpc) is 2.52. The maximum Gasteiger partial charge on any atom is 0.327 e. The summed E-state index contributed by atoms with van der Waals surface area (Å²) >= 11 is 0. The molecule has 16 heavy (non-hydrogen) atoms. The molecule has 0 saturated carbocycles. The van der Waals surface area contributed by atoms with E-state index in [0.717, 1.165) is 5.56 Å². The second kappa shape index (κ2) is 3.07. The van der Waals surface area contributed by atoms with E-state index < -0.39 is 0 Å². The van der Waals surface area contributed by atoms with Crippen LogP contribution in [-0.4, -0.2) is 34.8 Å². The van der Waals surface area contributed by atoms with Gasteiger partial charge in [0.2, 0.25) is 0 Å². The normalized spacial score (nSPS) is 23.4. The van der Waals surface area contributed by atoms with E-state index in [4.69, 9.17) is 0 Å². The molecular formula is C12H12N2O2. The van der Waals surface area contributed by atoms with Crippen LogP contribution >= 0.6 is 0 Å². The van der Waals surface area contributed by atoms with E-state index in [2.05, 4.69) is 0 Å². The Hall–Kier alpha value is -1.84. The van der Waals surface area contributed by atoms with E-state index >= 15 is 0 Å². The van der Waals surface area contributed by atoms with Gasteiger partial charge in [-0.3, -0.25) is 9.69 Å². The molecule has 1 atom stereocenters. The molecule has 0 bridgehead atoms. The van der Waals surface area contributed by atoms with Gasteiger partial charge in [-0.05, 0) is 11.1 Å². The predicted molar refractivity (Wildman–Crippen MR) is 57.6 cm³/mol. The highest BCUT2D eigenvalue weighted by Gasteiger charge is 2.45. The monoisotopic (exact) mass is 216 g/mol. The minimum atomic E-state index is -0.285. The lowest BCUT2D eigenvalue weighted by Gasteiger charge is -2.28. The summed E-state index contributed by atoms with van der Waals surface area (Å²) in [6.45, 7) is 0.551. The van der Waals surface area contributed by atoms with Crippen molar-refractivity contribution in [2.45, 2.75) is 19.0 Å². The fourth-order valence-corrected chi connectivity index (χ4v) is 2.46. The molecule has 4 nitrogen and oxygen atoms in total. The van der Waals surface area contributed by atoms with Crippen LogP contribution in [0, 0.1) is 0 Å². The molecule has 1 saturated heterocycles. The molecule has 3 amide bonds. The summed E-state index contributed by atoms with van der Waals surface area (Å²) in [5.74, 6) is -0.0838. The molecule has 1 aromatic rings. The maximum atomic E-state index is 11.8. The summed E-state index contributed by atoms with van der Waals surface area (Å²) in [5.41, 5.74) is 2.33. The van der Waals surface area contributed by atoms with Crippen LogP contribution in [0.2, 0.25) is 0 Å². The minimum absolute atomic E-state index is 0.0838. The van der Waals surface area contributed by atoms with Crippen LogP contribution in [-0.2, 0) is 17.8 Å². The predicted octanol–water partition coefficient (Wildman–Crippen LogP) is 1.01. The molecule has 0 aliphatic carbocycles. The van der Waals surface area contributed by atoms with Crippen molar-refractivity contribution in [3.8, 4) is 0 Å². The number of rotatable bonds is 0. The Bertz CT molecular complexity index is 441. The number of benzene rings is 1. The highest BCUT2D eigenvalue weighted by molar-refractivity contribution is 6.04.